The number of hydrogen-bond donors (Lipinski definition) is 2. The minimum absolute atomic E-state index is 0.136. The Morgan fingerprint density at radius 2 is 1.82 bits per heavy atom. The van der Waals surface area contributed by atoms with Crippen LogP contribution in [-0.4, -0.2) is 24.6 Å². The molecule has 4 rings (SSSR count). The van der Waals surface area contributed by atoms with Gasteiger partial charge in [-0.3, -0.25) is 14.9 Å². The van der Waals surface area contributed by atoms with Crippen LogP contribution in [0.25, 0.3) is 0 Å². The van der Waals surface area contributed by atoms with Crippen molar-refractivity contribution in [3.05, 3.63) is 60.3 Å². The number of rotatable bonds is 4. The molecule has 1 atom stereocenters. The van der Waals surface area contributed by atoms with Crippen LogP contribution < -0.4 is 25.0 Å². The number of urea groups is 1. The molecule has 1 fully saturated rings. The third-order valence-electron chi connectivity index (χ3n) is 4.48. The molecule has 2 N–H and O–H groups in total. The Morgan fingerprint density at radius 3 is 2.57 bits per heavy atom. The molecule has 0 bridgehead atoms. The summed E-state index contributed by atoms with van der Waals surface area (Å²) in [6.45, 7) is 5.86. The van der Waals surface area contributed by atoms with E-state index in [1.807, 2.05) is 6.92 Å². The van der Waals surface area contributed by atoms with Gasteiger partial charge < -0.3 is 14.8 Å². The summed E-state index contributed by atoms with van der Waals surface area (Å²) in [5, 5.41) is 5.16. The Kier molecular flexibility index (Phi) is 4.23. The Hall–Kier alpha value is -3.81. The number of benzene rings is 2. The summed E-state index contributed by atoms with van der Waals surface area (Å²) in [5.41, 5.74) is 2.08. The molecule has 2 aromatic carbocycles. The van der Waals surface area contributed by atoms with Crippen molar-refractivity contribution < 1.29 is 23.9 Å². The van der Waals surface area contributed by atoms with Crippen molar-refractivity contribution >= 4 is 29.2 Å². The molecule has 2 aromatic rings. The molecule has 1 saturated heterocycles. The highest BCUT2D eigenvalue weighted by Crippen LogP contribution is 2.35. The van der Waals surface area contributed by atoms with Gasteiger partial charge >= 0.3 is 6.03 Å². The van der Waals surface area contributed by atoms with E-state index in [2.05, 4.69) is 17.2 Å². The van der Waals surface area contributed by atoms with Crippen LogP contribution in [-0.2, 0) is 9.59 Å². The van der Waals surface area contributed by atoms with Crippen LogP contribution >= 0.6 is 0 Å². The monoisotopic (exact) mass is 379 g/mol. The number of hydrogen-bond acceptors (Lipinski definition) is 6. The molecule has 2 aliphatic heterocycles. The highest BCUT2D eigenvalue weighted by Gasteiger charge is 2.43. The molecule has 0 aliphatic carbocycles. The molecule has 0 unspecified atom stereocenters. The van der Waals surface area contributed by atoms with E-state index in [-0.39, 0.29) is 12.5 Å². The smallest absolute Gasteiger partial charge is 0.335 e. The number of fused-ring (bicyclic) bond motifs is 1. The lowest BCUT2D eigenvalue weighted by molar-refractivity contribution is -0.132. The fraction of sp³-hybridized carbons (Fsp3) is 0.150. The number of carbonyl (C=O) groups is 3. The standard InChI is InChI=1S/C20H17N3O5/c1-11-3-6-14(7-4-11)23-19(25)17(18(24)22-20(23)26)12(2)21-13-5-8-15-16(9-13)28-10-27-15/h3-9,17,21H,2,10H2,1H3,(H,22,24,26)/t17-/m1/s1. The maximum atomic E-state index is 12.9. The number of amides is 4. The van der Waals surface area contributed by atoms with E-state index < -0.39 is 23.8 Å². The van der Waals surface area contributed by atoms with E-state index >= 15 is 0 Å². The van der Waals surface area contributed by atoms with Crippen molar-refractivity contribution in [1.29, 1.82) is 0 Å². The van der Waals surface area contributed by atoms with Gasteiger partial charge in [0.15, 0.2) is 17.4 Å². The van der Waals surface area contributed by atoms with E-state index in [1.165, 1.54) is 0 Å². The quantitative estimate of drug-likeness (QED) is 0.793. The third-order valence-corrected chi connectivity index (χ3v) is 4.48. The first kappa shape index (κ1) is 17.6. The molecule has 8 heteroatoms. The average Bonchev–Trinajstić information content (AvgIpc) is 3.10. The van der Waals surface area contributed by atoms with Crippen molar-refractivity contribution in [1.82, 2.24) is 5.32 Å². The number of anilines is 2. The number of barbiturate groups is 1. The Bertz CT molecular complexity index is 999. The molecule has 0 spiro atoms. The number of nitrogens with zero attached hydrogens (tertiary/aromatic N) is 1. The van der Waals surface area contributed by atoms with Crippen LogP contribution in [0.3, 0.4) is 0 Å². The zero-order chi connectivity index (χ0) is 19.8. The molecular weight excluding hydrogens is 362 g/mol. The maximum Gasteiger partial charge on any atom is 0.335 e. The number of nitrogens with one attached hydrogen (secondary N) is 2. The van der Waals surface area contributed by atoms with Crippen molar-refractivity contribution in [2.75, 3.05) is 17.0 Å². The fourth-order valence-electron chi connectivity index (χ4n) is 3.05. The largest absolute Gasteiger partial charge is 0.454 e. The number of imide groups is 2. The molecule has 0 saturated carbocycles. The van der Waals surface area contributed by atoms with E-state index in [4.69, 9.17) is 9.47 Å². The van der Waals surface area contributed by atoms with E-state index in [1.54, 1.807) is 42.5 Å². The van der Waals surface area contributed by atoms with Crippen LogP contribution in [0.1, 0.15) is 5.56 Å². The molecule has 0 aromatic heterocycles. The summed E-state index contributed by atoms with van der Waals surface area (Å²) < 4.78 is 10.6. The van der Waals surface area contributed by atoms with E-state index in [0.29, 0.717) is 22.9 Å². The highest BCUT2D eigenvalue weighted by atomic mass is 16.7. The summed E-state index contributed by atoms with van der Waals surface area (Å²) in [6.07, 6.45) is 0. The van der Waals surface area contributed by atoms with Crippen LogP contribution in [0.4, 0.5) is 16.2 Å². The van der Waals surface area contributed by atoms with Gasteiger partial charge in [-0.2, -0.15) is 0 Å². The topological polar surface area (TPSA) is 97.0 Å². The molecule has 142 valence electrons. The van der Waals surface area contributed by atoms with Crippen LogP contribution in [0.2, 0.25) is 0 Å². The second-order valence-electron chi connectivity index (χ2n) is 6.45. The van der Waals surface area contributed by atoms with Crippen molar-refractivity contribution in [3.8, 4) is 11.5 Å². The predicted molar refractivity (Wildman–Crippen MR) is 101 cm³/mol. The zero-order valence-corrected chi connectivity index (χ0v) is 15.0. The van der Waals surface area contributed by atoms with Gasteiger partial charge in [-0.05, 0) is 31.2 Å². The number of ether oxygens (including phenoxy) is 2. The fourth-order valence-corrected chi connectivity index (χ4v) is 3.05. The van der Waals surface area contributed by atoms with E-state index in [0.717, 1.165) is 10.5 Å². The maximum absolute atomic E-state index is 12.9. The first-order valence-electron chi connectivity index (χ1n) is 8.55. The average molecular weight is 379 g/mol. The minimum Gasteiger partial charge on any atom is -0.454 e. The minimum atomic E-state index is -1.26. The molecule has 8 nitrogen and oxygen atoms in total. The molecular formula is C20H17N3O5. The first-order valence-corrected chi connectivity index (χ1v) is 8.55. The third kappa shape index (κ3) is 3.05. The molecule has 4 amide bonds. The van der Waals surface area contributed by atoms with Gasteiger partial charge in [-0.15, -0.1) is 0 Å². The van der Waals surface area contributed by atoms with Gasteiger partial charge in [0, 0.05) is 17.5 Å². The summed E-state index contributed by atoms with van der Waals surface area (Å²) in [5.74, 6) is -1.50. The zero-order valence-electron chi connectivity index (χ0n) is 15.0. The van der Waals surface area contributed by atoms with Gasteiger partial charge in [0.2, 0.25) is 12.7 Å². The van der Waals surface area contributed by atoms with Gasteiger partial charge in [-0.1, -0.05) is 24.3 Å². The van der Waals surface area contributed by atoms with Crippen molar-refractivity contribution in [2.24, 2.45) is 5.92 Å². The summed E-state index contributed by atoms with van der Waals surface area (Å²) in [6, 6.07) is 11.2. The summed E-state index contributed by atoms with van der Waals surface area (Å²) in [4.78, 5) is 38.5. The van der Waals surface area contributed by atoms with Crippen LogP contribution in [0.5, 0.6) is 11.5 Å². The lowest BCUT2D eigenvalue weighted by atomic mass is 10.0. The first-order chi connectivity index (χ1) is 13.4. The summed E-state index contributed by atoms with van der Waals surface area (Å²) >= 11 is 0. The number of aryl methyl sites for hydroxylation is 1. The van der Waals surface area contributed by atoms with Gasteiger partial charge in [0.1, 0.15) is 0 Å². The lowest BCUT2D eigenvalue weighted by Crippen LogP contribution is -2.59. The van der Waals surface area contributed by atoms with Crippen LogP contribution in [0.15, 0.2) is 54.7 Å². The van der Waals surface area contributed by atoms with Gasteiger partial charge in [0.25, 0.3) is 5.91 Å². The van der Waals surface area contributed by atoms with Crippen molar-refractivity contribution in [3.63, 3.8) is 0 Å². The molecule has 28 heavy (non-hydrogen) atoms. The Balaban J connectivity index is 1.57. The molecule has 2 heterocycles. The molecule has 0 radical (unpaired) electrons. The normalized spacial score (nSPS) is 18.1. The van der Waals surface area contributed by atoms with Crippen LogP contribution in [0, 0.1) is 12.8 Å². The SMILES string of the molecule is C=C(Nc1ccc2c(c1)OCO2)[C@@H]1C(=O)NC(=O)N(c2ccc(C)cc2)C1=O. The summed E-state index contributed by atoms with van der Waals surface area (Å²) in [7, 11) is 0. The second kappa shape index (κ2) is 6.73. The predicted octanol–water partition coefficient (Wildman–Crippen LogP) is 2.55. The van der Waals surface area contributed by atoms with E-state index in [9.17, 15) is 14.4 Å². The second-order valence-corrected chi connectivity index (χ2v) is 6.45. The highest BCUT2D eigenvalue weighted by molar-refractivity contribution is 6.28. The Morgan fingerprint density at radius 1 is 1.11 bits per heavy atom. The molecule has 2 aliphatic rings. The van der Waals surface area contributed by atoms with Crippen molar-refractivity contribution in [2.45, 2.75) is 6.92 Å². The number of carbonyl (C=O) groups excluding carboxylic acids is 3. The lowest BCUT2D eigenvalue weighted by Gasteiger charge is -2.31. The van der Waals surface area contributed by atoms with Gasteiger partial charge in [-0.25, -0.2) is 9.69 Å². The Labute approximate surface area is 160 Å². The van der Waals surface area contributed by atoms with Gasteiger partial charge in [0.05, 0.1) is 5.69 Å².